The summed E-state index contributed by atoms with van der Waals surface area (Å²) in [4.78, 5) is 29.9. The second-order valence-electron chi connectivity index (χ2n) is 5.08. The Morgan fingerprint density at radius 3 is 3.09 bits per heavy atom. The number of fused-ring (bicyclic) bond motifs is 1. The van der Waals surface area contributed by atoms with Crippen LogP contribution in [0.4, 0.5) is 5.13 Å². The van der Waals surface area contributed by atoms with Crippen LogP contribution in [0, 0.1) is 5.92 Å². The molecule has 1 fully saturated rings. The van der Waals surface area contributed by atoms with Gasteiger partial charge in [-0.15, -0.1) is 0 Å². The van der Waals surface area contributed by atoms with Crippen molar-refractivity contribution in [1.29, 1.82) is 0 Å². The van der Waals surface area contributed by atoms with Crippen LogP contribution in [-0.4, -0.2) is 37.0 Å². The van der Waals surface area contributed by atoms with Crippen LogP contribution in [-0.2, 0) is 9.59 Å². The van der Waals surface area contributed by atoms with Crippen molar-refractivity contribution in [3.05, 3.63) is 18.2 Å². The zero-order valence-corrected chi connectivity index (χ0v) is 13.3. The van der Waals surface area contributed by atoms with E-state index in [1.165, 1.54) is 11.3 Å². The lowest BCUT2D eigenvalue weighted by Crippen LogP contribution is -2.30. The zero-order chi connectivity index (χ0) is 15.7. The second-order valence-corrected chi connectivity index (χ2v) is 6.09. The average Bonchev–Trinajstić information content (AvgIpc) is 3.09. The fourth-order valence-electron chi connectivity index (χ4n) is 2.54. The number of carbonyl (C=O) groups is 2. The summed E-state index contributed by atoms with van der Waals surface area (Å²) in [6, 6.07) is 5.68. The van der Waals surface area contributed by atoms with Gasteiger partial charge in [-0.3, -0.25) is 14.5 Å². The first kappa shape index (κ1) is 14.8. The number of ether oxygens (including phenoxy) is 1. The predicted octanol–water partition coefficient (Wildman–Crippen LogP) is 1.79. The van der Waals surface area contributed by atoms with Crippen LogP contribution < -0.4 is 15.0 Å². The molecule has 0 bridgehead atoms. The van der Waals surface area contributed by atoms with Crippen LogP contribution in [0.15, 0.2) is 18.2 Å². The van der Waals surface area contributed by atoms with E-state index in [1.807, 2.05) is 25.1 Å². The van der Waals surface area contributed by atoms with Crippen LogP contribution >= 0.6 is 11.3 Å². The van der Waals surface area contributed by atoms with E-state index in [0.717, 1.165) is 16.0 Å². The summed E-state index contributed by atoms with van der Waals surface area (Å²) in [6.45, 7) is 2.93. The van der Waals surface area contributed by atoms with Gasteiger partial charge in [0.2, 0.25) is 11.8 Å². The van der Waals surface area contributed by atoms with Crippen LogP contribution in [0.2, 0.25) is 0 Å². The number of aromatic nitrogens is 1. The van der Waals surface area contributed by atoms with Crippen molar-refractivity contribution in [2.75, 3.05) is 25.1 Å². The molecule has 0 spiro atoms. The zero-order valence-electron chi connectivity index (χ0n) is 12.5. The SMILES string of the molecule is CCOc1ccc2nc(N3CC(C(=O)NC)CC3=O)sc2c1. The van der Waals surface area contributed by atoms with Gasteiger partial charge in [0.15, 0.2) is 5.13 Å². The van der Waals surface area contributed by atoms with E-state index >= 15 is 0 Å². The Morgan fingerprint density at radius 1 is 1.55 bits per heavy atom. The Kier molecular flexibility index (Phi) is 3.98. The number of amides is 2. The summed E-state index contributed by atoms with van der Waals surface area (Å²) in [5, 5.41) is 3.24. The molecule has 2 amide bonds. The molecule has 0 aliphatic carbocycles. The third-order valence-electron chi connectivity index (χ3n) is 3.63. The molecule has 22 heavy (non-hydrogen) atoms. The van der Waals surface area contributed by atoms with E-state index in [9.17, 15) is 9.59 Å². The summed E-state index contributed by atoms with van der Waals surface area (Å²) in [6.07, 6.45) is 0.236. The first-order chi connectivity index (χ1) is 10.6. The van der Waals surface area contributed by atoms with Crippen molar-refractivity contribution in [2.24, 2.45) is 5.92 Å². The normalized spacial score (nSPS) is 18.0. The van der Waals surface area contributed by atoms with E-state index in [1.54, 1.807) is 11.9 Å². The van der Waals surface area contributed by atoms with Crippen molar-refractivity contribution >= 4 is 38.5 Å². The third-order valence-corrected chi connectivity index (χ3v) is 4.67. The number of benzene rings is 1. The number of carbonyl (C=O) groups excluding carboxylic acids is 2. The van der Waals surface area contributed by atoms with Crippen LogP contribution in [0.3, 0.4) is 0 Å². The lowest BCUT2D eigenvalue weighted by molar-refractivity contribution is -0.125. The Hall–Kier alpha value is -2.15. The Labute approximate surface area is 132 Å². The maximum atomic E-state index is 12.1. The van der Waals surface area contributed by atoms with E-state index in [4.69, 9.17) is 4.74 Å². The Morgan fingerprint density at radius 2 is 2.36 bits per heavy atom. The van der Waals surface area contributed by atoms with Crippen molar-refractivity contribution in [3.63, 3.8) is 0 Å². The highest BCUT2D eigenvalue weighted by Gasteiger charge is 2.36. The molecule has 7 heteroatoms. The lowest BCUT2D eigenvalue weighted by Gasteiger charge is -2.12. The highest BCUT2D eigenvalue weighted by Crippen LogP contribution is 2.34. The molecule has 0 radical (unpaired) electrons. The minimum absolute atomic E-state index is 0.0577. The summed E-state index contributed by atoms with van der Waals surface area (Å²) >= 11 is 1.44. The van der Waals surface area contributed by atoms with Gasteiger partial charge in [-0.1, -0.05) is 11.3 Å². The third kappa shape index (κ3) is 2.64. The molecular formula is C15H17N3O3S. The summed E-state index contributed by atoms with van der Waals surface area (Å²) in [5.74, 6) is 0.331. The van der Waals surface area contributed by atoms with Gasteiger partial charge >= 0.3 is 0 Å². The minimum Gasteiger partial charge on any atom is -0.494 e. The number of anilines is 1. The molecule has 1 aromatic heterocycles. The summed E-state index contributed by atoms with van der Waals surface area (Å²) in [5.41, 5.74) is 0.833. The Bertz CT molecular complexity index is 728. The molecule has 1 aromatic carbocycles. The van der Waals surface area contributed by atoms with Crippen LogP contribution in [0.5, 0.6) is 5.75 Å². The lowest BCUT2D eigenvalue weighted by atomic mass is 10.1. The van der Waals surface area contributed by atoms with Crippen molar-refractivity contribution < 1.29 is 14.3 Å². The highest BCUT2D eigenvalue weighted by atomic mass is 32.1. The van der Waals surface area contributed by atoms with Crippen LogP contribution in [0.1, 0.15) is 13.3 Å². The van der Waals surface area contributed by atoms with Gasteiger partial charge in [0.25, 0.3) is 0 Å². The van der Waals surface area contributed by atoms with Gasteiger partial charge in [-0.05, 0) is 25.1 Å². The smallest absolute Gasteiger partial charge is 0.229 e. The molecule has 2 heterocycles. The summed E-state index contributed by atoms with van der Waals surface area (Å²) < 4.78 is 6.45. The average molecular weight is 319 g/mol. The van der Waals surface area contributed by atoms with E-state index in [0.29, 0.717) is 18.3 Å². The fraction of sp³-hybridized carbons (Fsp3) is 0.400. The van der Waals surface area contributed by atoms with E-state index < -0.39 is 0 Å². The van der Waals surface area contributed by atoms with E-state index in [2.05, 4.69) is 10.3 Å². The van der Waals surface area contributed by atoms with Crippen molar-refractivity contribution in [1.82, 2.24) is 10.3 Å². The summed E-state index contributed by atoms with van der Waals surface area (Å²) in [7, 11) is 1.59. The monoisotopic (exact) mass is 319 g/mol. The fourth-order valence-corrected chi connectivity index (χ4v) is 3.56. The van der Waals surface area contributed by atoms with E-state index in [-0.39, 0.29) is 24.2 Å². The minimum atomic E-state index is -0.302. The van der Waals surface area contributed by atoms with Crippen molar-refractivity contribution in [2.45, 2.75) is 13.3 Å². The number of hydrogen-bond acceptors (Lipinski definition) is 5. The molecular weight excluding hydrogens is 302 g/mol. The van der Waals surface area contributed by atoms with Crippen molar-refractivity contribution in [3.8, 4) is 5.75 Å². The van der Waals surface area contributed by atoms with Gasteiger partial charge in [0.1, 0.15) is 5.75 Å². The molecule has 1 saturated heterocycles. The molecule has 1 unspecified atom stereocenters. The second kappa shape index (κ2) is 5.92. The molecule has 6 nitrogen and oxygen atoms in total. The van der Waals surface area contributed by atoms with Crippen LogP contribution in [0.25, 0.3) is 10.2 Å². The largest absolute Gasteiger partial charge is 0.494 e. The molecule has 116 valence electrons. The number of rotatable bonds is 4. The van der Waals surface area contributed by atoms with Gasteiger partial charge in [0, 0.05) is 20.0 Å². The number of hydrogen-bond donors (Lipinski definition) is 1. The number of nitrogens with one attached hydrogen (secondary N) is 1. The topological polar surface area (TPSA) is 71.5 Å². The molecule has 1 aliphatic heterocycles. The number of thiazole rings is 1. The van der Waals surface area contributed by atoms with Gasteiger partial charge in [0.05, 0.1) is 22.7 Å². The standard InChI is InChI=1S/C15H17N3O3S/c1-3-21-10-4-5-11-12(7-10)22-15(17-11)18-8-9(6-13(18)19)14(20)16-2/h4-5,7,9H,3,6,8H2,1-2H3,(H,16,20). The maximum absolute atomic E-state index is 12.1. The molecule has 3 rings (SSSR count). The maximum Gasteiger partial charge on any atom is 0.229 e. The van der Waals surface area contributed by atoms with Gasteiger partial charge < -0.3 is 10.1 Å². The highest BCUT2D eigenvalue weighted by molar-refractivity contribution is 7.22. The molecule has 1 aliphatic rings. The molecule has 2 aromatic rings. The number of nitrogens with zero attached hydrogens (tertiary/aromatic N) is 2. The van der Waals surface area contributed by atoms with Gasteiger partial charge in [-0.2, -0.15) is 0 Å². The van der Waals surface area contributed by atoms with Gasteiger partial charge in [-0.25, -0.2) is 4.98 Å². The first-order valence-corrected chi connectivity index (χ1v) is 7.99. The molecule has 0 saturated carbocycles. The quantitative estimate of drug-likeness (QED) is 0.933. The Balaban J connectivity index is 1.87. The molecule has 1 atom stereocenters. The molecule has 1 N–H and O–H groups in total. The first-order valence-electron chi connectivity index (χ1n) is 7.17. The predicted molar refractivity (Wildman–Crippen MR) is 85.3 cm³/mol.